The fourth-order valence-electron chi connectivity index (χ4n) is 2.15. The van der Waals surface area contributed by atoms with E-state index in [0.29, 0.717) is 0 Å². The SMILES string of the molecule is CC(C)(NP(=O)(I)Oc1ccc(C(F)(F)F)cc1)C(=O)OCc1ccccc1. The first-order valence-electron chi connectivity index (χ1n) is 8.06. The lowest BCUT2D eigenvalue weighted by Crippen LogP contribution is -2.45. The van der Waals surface area contributed by atoms with E-state index in [2.05, 4.69) is 5.09 Å². The Morgan fingerprint density at radius 1 is 1.07 bits per heavy atom. The molecule has 0 heterocycles. The summed E-state index contributed by atoms with van der Waals surface area (Å²) in [6.45, 7) is 3.00. The van der Waals surface area contributed by atoms with Crippen LogP contribution in [0.4, 0.5) is 13.2 Å². The van der Waals surface area contributed by atoms with Crippen molar-refractivity contribution >= 4 is 33.2 Å². The predicted molar refractivity (Wildman–Crippen MR) is 107 cm³/mol. The number of benzene rings is 2. The fourth-order valence-corrected chi connectivity index (χ4v) is 5.84. The van der Waals surface area contributed by atoms with Crippen molar-refractivity contribution in [2.75, 3.05) is 0 Å². The van der Waals surface area contributed by atoms with E-state index in [0.717, 1.165) is 29.8 Å². The maximum absolute atomic E-state index is 12.7. The molecule has 0 saturated carbocycles. The summed E-state index contributed by atoms with van der Waals surface area (Å²) < 4.78 is 61.0. The number of carbonyl (C=O) groups is 1. The molecular formula is C18H18F3INO4P. The van der Waals surface area contributed by atoms with Crippen LogP contribution in [0.15, 0.2) is 54.6 Å². The second-order valence-electron chi connectivity index (χ2n) is 6.39. The summed E-state index contributed by atoms with van der Waals surface area (Å²) in [5, 5.41) is -1.02. The van der Waals surface area contributed by atoms with Crippen LogP contribution < -0.4 is 9.61 Å². The summed E-state index contributed by atoms with van der Waals surface area (Å²) in [5.74, 6) is -0.670. The van der Waals surface area contributed by atoms with Crippen molar-refractivity contribution in [3.63, 3.8) is 0 Å². The predicted octanol–water partition coefficient (Wildman–Crippen LogP) is 5.74. The number of ether oxygens (including phenoxy) is 1. The highest BCUT2D eigenvalue weighted by Crippen LogP contribution is 2.53. The van der Waals surface area contributed by atoms with E-state index in [1.165, 1.54) is 35.9 Å². The largest absolute Gasteiger partial charge is 0.459 e. The molecule has 0 aromatic heterocycles. The summed E-state index contributed by atoms with van der Waals surface area (Å²) in [5.41, 5.74) is -1.40. The van der Waals surface area contributed by atoms with Gasteiger partial charge < -0.3 is 9.26 Å². The van der Waals surface area contributed by atoms with E-state index in [1.54, 1.807) is 12.1 Å². The molecule has 0 spiro atoms. The molecule has 0 radical (unpaired) electrons. The second-order valence-corrected chi connectivity index (χ2v) is 11.6. The minimum absolute atomic E-state index is 0.0216. The average molecular weight is 527 g/mol. The molecule has 0 fully saturated rings. The molecular weight excluding hydrogens is 509 g/mol. The van der Waals surface area contributed by atoms with Gasteiger partial charge in [-0.1, -0.05) is 30.3 Å². The lowest BCUT2D eigenvalue weighted by Gasteiger charge is -2.27. The second kappa shape index (κ2) is 8.84. The Morgan fingerprint density at radius 3 is 2.18 bits per heavy atom. The van der Waals surface area contributed by atoms with Gasteiger partial charge in [-0.2, -0.15) is 13.2 Å². The normalized spacial score (nSPS) is 14.2. The zero-order chi connectivity index (χ0) is 21.0. The number of esters is 1. The molecule has 0 amide bonds. The van der Waals surface area contributed by atoms with Gasteiger partial charge in [-0.15, -0.1) is 0 Å². The summed E-state index contributed by atoms with van der Waals surface area (Å²) in [7, 11) is 0. The highest BCUT2D eigenvalue weighted by molar-refractivity contribution is 14.2. The van der Waals surface area contributed by atoms with Crippen LogP contribution in [0.3, 0.4) is 0 Å². The molecule has 1 N–H and O–H groups in total. The Labute approximate surface area is 173 Å². The van der Waals surface area contributed by atoms with Gasteiger partial charge >= 0.3 is 17.3 Å². The fraction of sp³-hybridized carbons (Fsp3) is 0.278. The van der Waals surface area contributed by atoms with Gasteiger partial charge in [-0.3, -0.25) is 4.79 Å². The molecule has 0 aliphatic rings. The Bertz CT molecular complexity index is 857. The summed E-state index contributed by atoms with van der Waals surface area (Å²) >= 11 is 1.49. The van der Waals surface area contributed by atoms with Gasteiger partial charge in [-0.05, 0) is 43.7 Å². The molecule has 2 aromatic carbocycles. The highest BCUT2D eigenvalue weighted by atomic mass is 127. The van der Waals surface area contributed by atoms with Gasteiger partial charge in [0.2, 0.25) is 0 Å². The smallest absolute Gasteiger partial charge is 0.416 e. The highest BCUT2D eigenvalue weighted by Gasteiger charge is 2.37. The number of hydrogen-bond acceptors (Lipinski definition) is 4. The van der Waals surface area contributed by atoms with Crippen molar-refractivity contribution in [2.24, 2.45) is 0 Å². The molecule has 0 bridgehead atoms. The number of carbonyl (C=O) groups excluding carboxylic acids is 1. The quantitative estimate of drug-likeness (QED) is 0.283. The van der Waals surface area contributed by atoms with E-state index in [9.17, 15) is 22.5 Å². The summed E-state index contributed by atoms with van der Waals surface area (Å²) in [6, 6.07) is 12.8. The van der Waals surface area contributed by atoms with Crippen molar-refractivity contribution in [2.45, 2.75) is 32.2 Å². The molecule has 0 saturated heterocycles. The third-order valence-electron chi connectivity index (χ3n) is 3.54. The average Bonchev–Trinajstić information content (AvgIpc) is 2.58. The van der Waals surface area contributed by atoms with Crippen LogP contribution in [0.25, 0.3) is 0 Å². The molecule has 1 unspecified atom stereocenters. The van der Waals surface area contributed by atoms with Crippen LogP contribution in [0.5, 0.6) is 5.75 Å². The molecule has 2 aromatic rings. The van der Waals surface area contributed by atoms with Crippen molar-refractivity contribution in [1.29, 1.82) is 0 Å². The number of rotatable bonds is 7. The molecule has 5 nitrogen and oxygen atoms in total. The maximum Gasteiger partial charge on any atom is 0.416 e. The van der Waals surface area contributed by atoms with Crippen LogP contribution in [0.1, 0.15) is 25.0 Å². The monoisotopic (exact) mass is 527 g/mol. The topological polar surface area (TPSA) is 64.6 Å². The Balaban J connectivity index is 1.98. The van der Waals surface area contributed by atoms with Crippen LogP contribution in [0, 0.1) is 0 Å². The molecule has 10 heteroatoms. The third kappa shape index (κ3) is 6.79. The van der Waals surface area contributed by atoms with Crippen molar-refractivity contribution < 1.29 is 31.8 Å². The van der Waals surface area contributed by atoms with Crippen LogP contribution >= 0.6 is 27.2 Å². The van der Waals surface area contributed by atoms with Crippen LogP contribution in [-0.2, 0) is 26.9 Å². The first-order chi connectivity index (χ1) is 12.9. The minimum Gasteiger partial charge on any atom is -0.459 e. The van der Waals surface area contributed by atoms with Gasteiger partial charge in [0.15, 0.2) is 0 Å². The number of nitrogens with one attached hydrogen (secondary N) is 1. The summed E-state index contributed by atoms with van der Waals surface area (Å²) in [4.78, 5) is 12.3. The zero-order valence-electron chi connectivity index (χ0n) is 15.0. The molecule has 28 heavy (non-hydrogen) atoms. The van der Waals surface area contributed by atoms with Gasteiger partial charge in [-0.25, -0.2) is 9.65 Å². The minimum atomic E-state index is -4.48. The van der Waals surface area contributed by atoms with Gasteiger partial charge in [0.05, 0.1) is 27.6 Å². The third-order valence-corrected chi connectivity index (χ3v) is 6.13. The number of hydrogen-bond donors (Lipinski definition) is 1. The molecule has 2 rings (SSSR count). The zero-order valence-corrected chi connectivity index (χ0v) is 18.0. The first-order valence-corrected chi connectivity index (χ1v) is 12.5. The van der Waals surface area contributed by atoms with Crippen LogP contribution in [-0.4, -0.2) is 11.5 Å². The lowest BCUT2D eigenvalue weighted by molar-refractivity contribution is -0.150. The summed E-state index contributed by atoms with van der Waals surface area (Å²) in [6.07, 6.45) is -4.48. The molecule has 0 aliphatic carbocycles. The van der Waals surface area contributed by atoms with Crippen LogP contribution in [0.2, 0.25) is 0 Å². The Hall–Kier alpha value is -1.58. The Kier molecular flexibility index (Phi) is 7.17. The number of alkyl halides is 3. The van der Waals surface area contributed by atoms with Gasteiger partial charge in [0.25, 0.3) is 0 Å². The van der Waals surface area contributed by atoms with E-state index >= 15 is 0 Å². The van der Waals surface area contributed by atoms with E-state index in [1.807, 2.05) is 18.2 Å². The van der Waals surface area contributed by atoms with Gasteiger partial charge in [0, 0.05) is 0 Å². The van der Waals surface area contributed by atoms with E-state index in [4.69, 9.17) is 9.26 Å². The Morgan fingerprint density at radius 2 is 1.64 bits per heavy atom. The van der Waals surface area contributed by atoms with Crippen molar-refractivity contribution in [3.8, 4) is 5.75 Å². The standard InChI is InChI=1S/C18H18F3INO4P/c1-17(2,16(24)26-12-13-6-4-3-5-7-13)23-28(22,25)27-15-10-8-14(9-11-15)18(19,20)21/h3-11H,12H2,1-2H3,(H,23,25). The molecule has 0 aliphatic heterocycles. The number of halogens is 4. The van der Waals surface area contributed by atoms with E-state index < -0.39 is 28.4 Å². The maximum atomic E-state index is 12.7. The van der Waals surface area contributed by atoms with Crippen molar-refractivity contribution in [1.82, 2.24) is 5.09 Å². The molecule has 152 valence electrons. The van der Waals surface area contributed by atoms with Gasteiger partial charge in [0.1, 0.15) is 17.9 Å². The lowest BCUT2D eigenvalue weighted by atomic mass is 10.1. The first kappa shape index (κ1) is 22.7. The molecule has 1 atom stereocenters. The van der Waals surface area contributed by atoms with E-state index in [-0.39, 0.29) is 12.4 Å². The van der Waals surface area contributed by atoms with Crippen molar-refractivity contribution in [3.05, 3.63) is 65.7 Å².